The van der Waals surface area contributed by atoms with Crippen LogP contribution in [0.1, 0.15) is 87.5 Å². The van der Waals surface area contributed by atoms with Crippen LogP contribution in [0.3, 0.4) is 0 Å². The molecule has 75 heavy (non-hydrogen) atoms. The quantitative estimate of drug-likeness (QED) is 0.0724. The minimum Gasteiger partial charge on any atom is -0.462 e. The highest BCUT2D eigenvalue weighted by molar-refractivity contribution is 5.91. The Hall–Kier alpha value is -2.47. The summed E-state index contributed by atoms with van der Waals surface area (Å²) in [6.07, 6.45) is -19.3. The molecule has 0 aliphatic carbocycles. The summed E-state index contributed by atoms with van der Waals surface area (Å²) in [4.78, 5) is 42.4. The van der Waals surface area contributed by atoms with Crippen molar-refractivity contribution in [3.63, 3.8) is 0 Å². The molecule has 5 aliphatic heterocycles. The van der Waals surface area contributed by atoms with E-state index in [1.807, 2.05) is 13.8 Å². The SMILES string of the molecule is CC[C@H]1OC(=O)C[C@@H](O)[C@H](C)[C@@H](O[C@@H]2O[C@H](C)[C@@H](O[C@H]3CC(C)(O)[C@@H](O)[C@H](C)O3)[C@H](N(C)C)[C@H]2O[C@@H]2O[C@H](CO)[C@@H](O)[C@H](O)[C@H]2O)[C@@H](CC=O)C[C@@H](C)C(=O)/C=C/C=C(\C)[C@@H]1CO[C@@H]1O[C@H](C)[C@@H](O)[C@@H](OC)[C@H]1OC. The number of hydrogen-bond acceptors (Lipinski definition) is 23. The molecule has 0 aromatic carbocycles. The van der Waals surface area contributed by atoms with Crippen LogP contribution in [0.5, 0.6) is 0 Å². The molecule has 4 saturated heterocycles. The fraction of sp³-hybridized carbons (Fsp3) is 0.865. The Labute approximate surface area is 440 Å². The summed E-state index contributed by atoms with van der Waals surface area (Å²) in [6.45, 7) is 12.5. The van der Waals surface area contributed by atoms with E-state index in [2.05, 4.69) is 0 Å². The number of aliphatic hydroxyl groups is 8. The molecule has 4 fully saturated rings. The number of methoxy groups -OCH3 is 2. The second-order valence-corrected chi connectivity index (χ2v) is 21.5. The molecule has 0 aromatic rings. The van der Waals surface area contributed by atoms with Crippen molar-refractivity contribution in [1.29, 1.82) is 0 Å². The summed E-state index contributed by atoms with van der Waals surface area (Å²) in [5.41, 5.74) is -0.915. The molecule has 0 radical (unpaired) electrons. The van der Waals surface area contributed by atoms with Crippen LogP contribution in [0.4, 0.5) is 0 Å². The third-order valence-electron chi connectivity index (χ3n) is 15.7. The minimum absolute atomic E-state index is 0.0507. The van der Waals surface area contributed by atoms with Crippen LogP contribution in [-0.4, -0.2) is 240 Å². The molecule has 0 saturated carbocycles. The van der Waals surface area contributed by atoms with Gasteiger partial charge in [0.15, 0.2) is 30.9 Å². The topological polar surface area (TPSA) is 318 Å². The first-order valence-electron chi connectivity index (χ1n) is 26.2. The molecule has 432 valence electrons. The summed E-state index contributed by atoms with van der Waals surface area (Å²) in [6, 6.07) is -0.931. The summed E-state index contributed by atoms with van der Waals surface area (Å²) in [5, 5.41) is 87.6. The molecule has 23 heteroatoms. The fourth-order valence-corrected chi connectivity index (χ4v) is 11.0. The molecule has 0 bridgehead atoms. The maximum Gasteiger partial charge on any atom is 0.308 e. The summed E-state index contributed by atoms with van der Waals surface area (Å²) < 4.78 is 68.2. The van der Waals surface area contributed by atoms with Crippen LogP contribution in [0.15, 0.2) is 23.8 Å². The van der Waals surface area contributed by atoms with E-state index in [-0.39, 0.29) is 31.7 Å². The number of carbonyl (C=O) groups excluding carboxylic acids is 3. The average Bonchev–Trinajstić information content (AvgIpc) is 3.35. The minimum atomic E-state index is -1.87. The lowest BCUT2D eigenvalue weighted by atomic mass is 9.79. The number of likely N-dealkylation sites (N-methyl/N-ethyl adjacent to an activating group) is 1. The largest absolute Gasteiger partial charge is 0.462 e. The van der Waals surface area contributed by atoms with Crippen LogP contribution in [0.25, 0.3) is 0 Å². The van der Waals surface area contributed by atoms with E-state index in [9.17, 15) is 55.2 Å². The number of nitrogens with zero attached hydrogens (tertiary/aromatic N) is 1. The molecule has 8 N–H and O–H groups in total. The maximum absolute atomic E-state index is 14.1. The van der Waals surface area contributed by atoms with Crippen molar-refractivity contribution < 1.29 is 107 Å². The lowest BCUT2D eigenvalue weighted by Crippen LogP contribution is -2.68. The van der Waals surface area contributed by atoms with Gasteiger partial charge < -0.3 is 103 Å². The van der Waals surface area contributed by atoms with Gasteiger partial charge in [-0.05, 0) is 73.5 Å². The molecular formula is C52H87NO22. The molecule has 5 rings (SSSR count). The van der Waals surface area contributed by atoms with Crippen LogP contribution >= 0.6 is 0 Å². The Morgan fingerprint density at radius 3 is 2.03 bits per heavy atom. The second-order valence-electron chi connectivity index (χ2n) is 21.5. The predicted molar refractivity (Wildman–Crippen MR) is 263 cm³/mol. The van der Waals surface area contributed by atoms with Crippen molar-refractivity contribution >= 4 is 18.0 Å². The summed E-state index contributed by atoms with van der Waals surface area (Å²) in [7, 11) is 6.29. The van der Waals surface area contributed by atoms with E-state index in [0.29, 0.717) is 18.3 Å². The standard InChI is InChI=1S/C52H87NO22/c1-13-34-31(23-67-50-47(66-12)46(65-11)39(59)27(5)69-50)24(2)15-14-16-32(56)25(3)19-30(17-18-54)43(26(4)33(57)20-36(58)71-34)74-51-45(75-49-42(62)41(61)40(60)35(22-55)72-49)38(53(9)10)44(28(6)70-51)73-37-21-52(8,64)48(63)29(7)68-37/h14-16,18,25-31,33-35,37-51,55,57,59-64H,13,17,19-23H2,1-12H3/b16-14+,24-15+/t25-,26+,27-,28-,29+,30+,31+,33-,34-,35-,37+,38+,39-,40-,41+,42-,43-,44-,45-,46-,47-,48+,49+,50-,51+,52?/m1/s1. The molecule has 0 amide bonds. The van der Waals surface area contributed by atoms with Gasteiger partial charge >= 0.3 is 5.97 Å². The van der Waals surface area contributed by atoms with E-state index in [0.717, 1.165) is 0 Å². The third-order valence-corrected chi connectivity index (χ3v) is 15.7. The van der Waals surface area contributed by atoms with E-state index >= 15 is 0 Å². The Bertz CT molecular complexity index is 1870. The number of hydrogen-bond donors (Lipinski definition) is 8. The lowest BCUT2D eigenvalue weighted by molar-refractivity contribution is -0.378. The molecule has 26 atom stereocenters. The van der Waals surface area contributed by atoms with Gasteiger partial charge in [0.1, 0.15) is 73.4 Å². The van der Waals surface area contributed by atoms with Gasteiger partial charge in [-0.3, -0.25) is 9.59 Å². The Kier molecular flexibility index (Phi) is 23.7. The van der Waals surface area contributed by atoms with Crippen molar-refractivity contribution in [2.45, 2.75) is 222 Å². The van der Waals surface area contributed by atoms with Gasteiger partial charge in [-0.2, -0.15) is 0 Å². The predicted octanol–water partition coefficient (Wildman–Crippen LogP) is -0.342. The number of aldehydes is 1. The van der Waals surface area contributed by atoms with Crippen LogP contribution < -0.4 is 0 Å². The monoisotopic (exact) mass is 1080 g/mol. The number of esters is 1. The smallest absolute Gasteiger partial charge is 0.308 e. The van der Waals surface area contributed by atoms with Gasteiger partial charge in [0.05, 0.1) is 61.8 Å². The lowest BCUT2D eigenvalue weighted by Gasteiger charge is -2.52. The van der Waals surface area contributed by atoms with Crippen molar-refractivity contribution in [2.24, 2.45) is 23.7 Å². The third kappa shape index (κ3) is 15.3. The summed E-state index contributed by atoms with van der Waals surface area (Å²) >= 11 is 0. The van der Waals surface area contributed by atoms with Gasteiger partial charge in [-0.25, -0.2) is 0 Å². The first-order chi connectivity index (χ1) is 35.3. The normalized spacial score (nSPS) is 47.2. The maximum atomic E-state index is 14.1. The van der Waals surface area contributed by atoms with Crippen LogP contribution in [0, 0.1) is 23.7 Å². The van der Waals surface area contributed by atoms with Gasteiger partial charge in [0, 0.05) is 44.8 Å². The molecule has 23 nitrogen and oxygen atoms in total. The number of rotatable bonds is 16. The zero-order valence-electron chi connectivity index (χ0n) is 45.4. The number of carbonyl (C=O) groups is 3. The number of ketones is 1. The molecule has 5 aliphatic rings. The van der Waals surface area contributed by atoms with Crippen molar-refractivity contribution in [1.82, 2.24) is 4.90 Å². The van der Waals surface area contributed by atoms with Gasteiger partial charge in [0.2, 0.25) is 0 Å². The second kappa shape index (κ2) is 28.1. The van der Waals surface area contributed by atoms with Crippen molar-refractivity contribution in [3.8, 4) is 0 Å². The Morgan fingerprint density at radius 2 is 1.43 bits per heavy atom. The Balaban J connectivity index is 1.52. The molecule has 1 unspecified atom stereocenters. The zero-order valence-corrected chi connectivity index (χ0v) is 45.4. The zero-order chi connectivity index (χ0) is 55.8. The van der Waals surface area contributed by atoms with Crippen LogP contribution in [0.2, 0.25) is 0 Å². The number of allylic oxidation sites excluding steroid dienone is 3. The molecule has 5 heterocycles. The highest BCUT2D eigenvalue weighted by atomic mass is 16.8. The number of aliphatic hydroxyl groups excluding tert-OH is 7. The highest BCUT2D eigenvalue weighted by Crippen LogP contribution is 2.40. The Morgan fingerprint density at radius 1 is 0.773 bits per heavy atom. The average molecular weight is 1080 g/mol. The van der Waals surface area contributed by atoms with E-state index < -0.39 is 177 Å². The highest BCUT2D eigenvalue weighted by Gasteiger charge is 2.55. The van der Waals surface area contributed by atoms with Gasteiger partial charge in [-0.15, -0.1) is 0 Å². The van der Waals surface area contributed by atoms with E-state index in [4.69, 9.17) is 52.1 Å². The molecule has 0 spiro atoms. The first kappa shape index (κ1) is 63.4. The molecule has 0 aromatic heterocycles. The van der Waals surface area contributed by atoms with Gasteiger partial charge in [-0.1, -0.05) is 38.5 Å². The molecular weight excluding hydrogens is 991 g/mol. The van der Waals surface area contributed by atoms with Crippen LogP contribution in [-0.2, 0) is 66.5 Å². The first-order valence-corrected chi connectivity index (χ1v) is 26.2. The van der Waals surface area contributed by atoms with Crippen molar-refractivity contribution in [3.05, 3.63) is 23.8 Å². The van der Waals surface area contributed by atoms with E-state index in [1.54, 1.807) is 65.8 Å². The summed E-state index contributed by atoms with van der Waals surface area (Å²) in [5.74, 6) is -4.19. The van der Waals surface area contributed by atoms with E-state index in [1.165, 1.54) is 27.2 Å². The number of cyclic esters (lactones) is 1. The van der Waals surface area contributed by atoms with Crippen molar-refractivity contribution in [2.75, 3.05) is 41.5 Å². The fourth-order valence-electron chi connectivity index (χ4n) is 11.0. The van der Waals surface area contributed by atoms with Gasteiger partial charge in [0.25, 0.3) is 0 Å². The number of ether oxygens (including phenoxy) is 11.